The van der Waals surface area contributed by atoms with Crippen molar-refractivity contribution in [3.8, 4) is 0 Å². The van der Waals surface area contributed by atoms with Gasteiger partial charge in [0.2, 0.25) is 5.91 Å². The Balaban J connectivity index is 2.00. The summed E-state index contributed by atoms with van der Waals surface area (Å²) in [6, 6.07) is 9.42. The van der Waals surface area contributed by atoms with Gasteiger partial charge >= 0.3 is 0 Å². The normalized spacial score (nSPS) is 17.0. The molecule has 140 valence electrons. The Morgan fingerprint density at radius 2 is 1.93 bits per heavy atom. The van der Waals surface area contributed by atoms with Crippen LogP contribution in [0.3, 0.4) is 0 Å². The van der Waals surface area contributed by atoms with Crippen LogP contribution in [0.4, 0.5) is 5.82 Å². The van der Waals surface area contributed by atoms with Crippen LogP contribution >= 0.6 is 11.8 Å². The number of pyridine rings is 1. The van der Waals surface area contributed by atoms with E-state index in [1.807, 2.05) is 44.2 Å². The van der Waals surface area contributed by atoms with E-state index in [4.69, 9.17) is 0 Å². The quantitative estimate of drug-likeness (QED) is 0.710. The predicted molar refractivity (Wildman–Crippen MR) is 108 cm³/mol. The van der Waals surface area contributed by atoms with Crippen LogP contribution in [0.1, 0.15) is 36.3 Å². The zero-order chi connectivity index (χ0) is 19.3. The molecule has 1 aliphatic rings. The molecule has 0 fully saturated rings. The van der Waals surface area contributed by atoms with Crippen LogP contribution in [-0.2, 0) is 11.8 Å². The molecule has 2 aromatic heterocycles. The molecule has 8 heteroatoms. The summed E-state index contributed by atoms with van der Waals surface area (Å²) >= 11 is 1.30. The van der Waals surface area contributed by atoms with Gasteiger partial charge in [0.25, 0.3) is 11.1 Å². The highest BCUT2D eigenvalue weighted by molar-refractivity contribution is 8.00. The number of nitrogens with zero attached hydrogens (tertiary/aromatic N) is 2. The second-order valence-corrected chi connectivity index (χ2v) is 8.02. The van der Waals surface area contributed by atoms with Gasteiger partial charge < -0.3 is 9.88 Å². The highest BCUT2D eigenvalue weighted by Gasteiger charge is 2.32. The second-order valence-electron chi connectivity index (χ2n) is 6.93. The number of rotatable bonds is 2. The van der Waals surface area contributed by atoms with Gasteiger partial charge in [0.15, 0.2) is 0 Å². The molecule has 0 saturated carbocycles. The van der Waals surface area contributed by atoms with Gasteiger partial charge in [0.05, 0.1) is 22.1 Å². The third kappa shape index (κ3) is 2.80. The Morgan fingerprint density at radius 3 is 2.67 bits per heavy atom. The summed E-state index contributed by atoms with van der Waals surface area (Å²) in [4.78, 5) is 38.0. The summed E-state index contributed by atoms with van der Waals surface area (Å²) in [5.41, 5.74) is 1.31. The van der Waals surface area contributed by atoms with Gasteiger partial charge in [-0.3, -0.25) is 24.2 Å². The van der Waals surface area contributed by atoms with Crippen molar-refractivity contribution in [2.24, 2.45) is 7.05 Å². The van der Waals surface area contributed by atoms with Crippen molar-refractivity contribution in [1.82, 2.24) is 14.3 Å². The predicted octanol–water partition coefficient (Wildman–Crippen LogP) is 2.38. The van der Waals surface area contributed by atoms with Crippen LogP contribution in [0.2, 0.25) is 0 Å². The van der Waals surface area contributed by atoms with E-state index in [9.17, 15) is 14.4 Å². The number of aromatic nitrogens is 3. The van der Waals surface area contributed by atoms with Crippen LogP contribution in [0.5, 0.6) is 0 Å². The van der Waals surface area contributed by atoms with Gasteiger partial charge in [-0.1, -0.05) is 18.2 Å². The van der Waals surface area contributed by atoms with Gasteiger partial charge in [-0.25, -0.2) is 0 Å². The van der Waals surface area contributed by atoms with Crippen LogP contribution in [0.15, 0.2) is 39.9 Å². The van der Waals surface area contributed by atoms with Crippen molar-refractivity contribution < 1.29 is 4.79 Å². The van der Waals surface area contributed by atoms with E-state index in [0.29, 0.717) is 16.9 Å². The lowest BCUT2D eigenvalue weighted by molar-refractivity contribution is -0.113. The molecule has 0 aliphatic carbocycles. The van der Waals surface area contributed by atoms with E-state index >= 15 is 0 Å². The number of hydrogen-bond donors (Lipinski definition) is 2. The summed E-state index contributed by atoms with van der Waals surface area (Å²) in [6.45, 7) is 3.84. The largest absolute Gasteiger partial charge is 0.311 e. The molecule has 0 radical (unpaired) electrons. The Labute approximate surface area is 159 Å². The van der Waals surface area contributed by atoms with E-state index in [1.165, 1.54) is 11.8 Å². The first-order chi connectivity index (χ1) is 12.9. The minimum absolute atomic E-state index is 0.0371. The molecule has 1 atom stereocenters. The summed E-state index contributed by atoms with van der Waals surface area (Å²) in [5.74, 6) is 0.437. The summed E-state index contributed by atoms with van der Waals surface area (Å²) in [7, 11) is 1.73. The molecule has 4 rings (SSSR count). The van der Waals surface area contributed by atoms with Gasteiger partial charge in [-0.05, 0) is 31.4 Å². The Bertz CT molecular complexity index is 1170. The third-order valence-corrected chi connectivity index (χ3v) is 6.08. The fraction of sp³-hybridized carbons (Fsp3) is 0.316. The first-order valence-electron chi connectivity index (χ1n) is 8.73. The molecule has 2 N–H and O–H groups in total. The highest BCUT2D eigenvalue weighted by Crippen LogP contribution is 2.39. The second kappa shape index (κ2) is 6.45. The van der Waals surface area contributed by atoms with Gasteiger partial charge in [-0.15, -0.1) is 11.8 Å². The van der Waals surface area contributed by atoms with Crippen molar-refractivity contribution in [2.45, 2.75) is 25.1 Å². The first-order valence-corrected chi connectivity index (χ1v) is 9.78. The van der Waals surface area contributed by atoms with E-state index in [1.54, 1.807) is 16.3 Å². The zero-order valence-corrected chi connectivity index (χ0v) is 16.1. The third-order valence-electron chi connectivity index (χ3n) is 4.82. The fourth-order valence-corrected chi connectivity index (χ4v) is 4.64. The number of carbonyl (C=O) groups is 1. The van der Waals surface area contributed by atoms with Crippen molar-refractivity contribution in [3.63, 3.8) is 0 Å². The maximum atomic E-state index is 13.1. The molecule has 1 aliphatic heterocycles. The molecule has 1 amide bonds. The highest BCUT2D eigenvalue weighted by atomic mass is 32.2. The standard InChI is InChI=1S/C19H20N4O3S/c1-10(2)23-17-15(18(25)21-23)16(27-9-14(24)20-17)12-8-11-6-4-5-7-13(11)22(3)19(12)26/h4-8,10,16H,9H2,1-3H3,(H,20,24)(H,21,25)/t16-/m1/s1. The maximum absolute atomic E-state index is 13.1. The average molecular weight is 384 g/mol. The minimum Gasteiger partial charge on any atom is -0.311 e. The number of carbonyl (C=O) groups excluding carboxylic acids is 1. The van der Waals surface area contributed by atoms with Crippen LogP contribution in [0, 0.1) is 0 Å². The number of nitrogens with one attached hydrogen (secondary N) is 2. The van der Waals surface area contributed by atoms with Gasteiger partial charge in [0.1, 0.15) is 5.82 Å². The topological polar surface area (TPSA) is 88.9 Å². The van der Waals surface area contributed by atoms with Gasteiger partial charge in [0, 0.05) is 18.7 Å². The summed E-state index contributed by atoms with van der Waals surface area (Å²) in [5, 5.41) is 6.02. The molecule has 3 heterocycles. The lowest BCUT2D eigenvalue weighted by Gasteiger charge is -2.16. The molecule has 1 aromatic carbocycles. The first kappa shape index (κ1) is 17.7. The monoisotopic (exact) mass is 384 g/mol. The summed E-state index contributed by atoms with van der Waals surface area (Å²) in [6.07, 6.45) is 0. The van der Waals surface area contributed by atoms with Gasteiger partial charge in [-0.2, -0.15) is 0 Å². The van der Waals surface area contributed by atoms with Crippen molar-refractivity contribution in [2.75, 3.05) is 11.1 Å². The van der Waals surface area contributed by atoms with Crippen molar-refractivity contribution in [3.05, 3.63) is 62.2 Å². The molecule has 27 heavy (non-hydrogen) atoms. The SMILES string of the molecule is CC(C)n1[nH]c(=O)c2c1NC(=O)CS[C@@H]2c1cc2ccccc2n(C)c1=O. The molecule has 0 saturated heterocycles. The molecule has 0 spiro atoms. The minimum atomic E-state index is -0.522. The summed E-state index contributed by atoms with van der Waals surface area (Å²) < 4.78 is 3.25. The number of hydrogen-bond acceptors (Lipinski definition) is 4. The van der Waals surface area contributed by atoms with Crippen molar-refractivity contribution >= 4 is 34.4 Å². The Hall–Kier alpha value is -2.74. The van der Waals surface area contributed by atoms with E-state index in [0.717, 1.165) is 10.9 Å². The Morgan fingerprint density at radius 1 is 1.19 bits per heavy atom. The number of benzene rings is 1. The number of aryl methyl sites for hydroxylation is 1. The lowest BCUT2D eigenvalue weighted by atomic mass is 10.0. The number of para-hydroxylation sites is 1. The molecular weight excluding hydrogens is 364 g/mol. The van der Waals surface area contributed by atoms with E-state index < -0.39 is 5.25 Å². The number of thioether (sulfide) groups is 1. The smallest absolute Gasteiger partial charge is 0.270 e. The van der Waals surface area contributed by atoms with E-state index in [-0.39, 0.29) is 28.8 Å². The molecule has 7 nitrogen and oxygen atoms in total. The maximum Gasteiger partial charge on any atom is 0.270 e. The fourth-order valence-electron chi connectivity index (χ4n) is 3.51. The number of amides is 1. The van der Waals surface area contributed by atoms with E-state index in [2.05, 4.69) is 10.4 Å². The molecule has 0 unspecified atom stereocenters. The Kier molecular flexibility index (Phi) is 4.22. The molecular formula is C19H20N4O3S. The molecule has 3 aromatic rings. The zero-order valence-electron chi connectivity index (χ0n) is 15.3. The van der Waals surface area contributed by atoms with Crippen LogP contribution in [0.25, 0.3) is 10.9 Å². The van der Waals surface area contributed by atoms with Crippen LogP contribution < -0.4 is 16.4 Å². The lowest BCUT2D eigenvalue weighted by Crippen LogP contribution is -2.24. The van der Waals surface area contributed by atoms with Crippen molar-refractivity contribution in [1.29, 1.82) is 0 Å². The average Bonchev–Trinajstić information content (AvgIpc) is 2.85. The number of aromatic amines is 1. The molecule has 0 bridgehead atoms. The van der Waals surface area contributed by atoms with Crippen LogP contribution in [-0.4, -0.2) is 26.0 Å². The number of fused-ring (bicyclic) bond motifs is 2. The number of anilines is 1. The number of H-pyrrole nitrogens is 1.